The standard InChI is InChI=1S/C21H36O5Si/c1-16(2)27(17(3)4,18(5)6)26-14-19-8-9-21(20(12-19)13-22)25-15-24-11-10-23-7/h8-9,12-13,16-18H,10-11,14-15H2,1-7H3. The number of hydrogen-bond donors (Lipinski definition) is 0. The van der Waals surface area contributed by atoms with Gasteiger partial charge in [0.05, 0.1) is 25.4 Å². The van der Waals surface area contributed by atoms with Gasteiger partial charge in [0.1, 0.15) is 5.75 Å². The third-order valence-electron chi connectivity index (χ3n) is 5.13. The fraction of sp³-hybridized carbons (Fsp3) is 0.667. The molecule has 0 radical (unpaired) electrons. The van der Waals surface area contributed by atoms with Crippen molar-refractivity contribution in [3.05, 3.63) is 29.3 Å². The van der Waals surface area contributed by atoms with E-state index >= 15 is 0 Å². The summed E-state index contributed by atoms with van der Waals surface area (Å²) in [5.74, 6) is 0.520. The molecule has 6 heteroatoms. The van der Waals surface area contributed by atoms with Crippen LogP contribution in [0.15, 0.2) is 18.2 Å². The summed E-state index contributed by atoms with van der Waals surface area (Å²) in [6.45, 7) is 15.2. The van der Waals surface area contributed by atoms with E-state index < -0.39 is 8.32 Å². The van der Waals surface area contributed by atoms with Crippen LogP contribution in [-0.2, 0) is 20.5 Å². The lowest BCUT2D eigenvalue weighted by Gasteiger charge is -2.42. The molecule has 0 spiro atoms. The van der Waals surface area contributed by atoms with Gasteiger partial charge in [0.25, 0.3) is 0 Å². The second kappa shape index (κ2) is 11.6. The predicted octanol–water partition coefficient (Wildman–Crippen LogP) is 5.19. The number of carbonyl (C=O) groups excluding carboxylic acids is 1. The first-order valence-corrected chi connectivity index (χ1v) is 11.8. The molecule has 0 saturated carbocycles. The zero-order valence-corrected chi connectivity index (χ0v) is 18.9. The summed E-state index contributed by atoms with van der Waals surface area (Å²) in [6, 6.07) is 5.61. The summed E-state index contributed by atoms with van der Waals surface area (Å²) in [5, 5.41) is 0. The van der Waals surface area contributed by atoms with Gasteiger partial charge in [0, 0.05) is 7.11 Å². The predicted molar refractivity (Wildman–Crippen MR) is 111 cm³/mol. The fourth-order valence-electron chi connectivity index (χ4n) is 3.93. The van der Waals surface area contributed by atoms with Gasteiger partial charge in [-0.2, -0.15) is 0 Å². The normalized spacial score (nSPS) is 12.2. The van der Waals surface area contributed by atoms with Gasteiger partial charge in [-0.15, -0.1) is 0 Å². The third kappa shape index (κ3) is 6.42. The molecule has 27 heavy (non-hydrogen) atoms. The molecule has 0 amide bonds. The molecule has 0 bridgehead atoms. The van der Waals surface area contributed by atoms with E-state index in [0.29, 0.717) is 47.8 Å². The van der Waals surface area contributed by atoms with Crippen LogP contribution in [0.1, 0.15) is 57.5 Å². The van der Waals surface area contributed by atoms with E-state index in [4.69, 9.17) is 18.6 Å². The number of rotatable bonds is 13. The van der Waals surface area contributed by atoms with Crippen molar-refractivity contribution in [3.8, 4) is 5.75 Å². The van der Waals surface area contributed by atoms with Crippen LogP contribution in [0.25, 0.3) is 0 Å². The number of carbonyl (C=O) groups is 1. The van der Waals surface area contributed by atoms with Crippen molar-refractivity contribution in [2.45, 2.75) is 64.8 Å². The molecular weight excluding hydrogens is 360 g/mol. The van der Waals surface area contributed by atoms with Gasteiger partial charge < -0.3 is 18.6 Å². The summed E-state index contributed by atoms with van der Waals surface area (Å²) in [7, 11) is -0.321. The van der Waals surface area contributed by atoms with Gasteiger partial charge in [0.2, 0.25) is 8.32 Å². The quantitative estimate of drug-likeness (QED) is 0.199. The molecule has 0 N–H and O–H groups in total. The van der Waals surface area contributed by atoms with Crippen molar-refractivity contribution in [2.24, 2.45) is 0 Å². The Morgan fingerprint density at radius 2 is 1.63 bits per heavy atom. The topological polar surface area (TPSA) is 54.0 Å². The maximum atomic E-state index is 11.5. The molecule has 5 nitrogen and oxygen atoms in total. The molecule has 0 heterocycles. The summed E-state index contributed by atoms with van der Waals surface area (Å²) < 4.78 is 22.4. The highest BCUT2D eigenvalue weighted by atomic mass is 28.4. The molecule has 0 aliphatic carbocycles. The van der Waals surface area contributed by atoms with Crippen molar-refractivity contribution in [1.82, 2.24) is 0 Å². The Kier molecular flexibility index (Phi) is 10.2. The van der Waals surface area contributed by atoms with Crippen LogP contribution in [0.5, 0.6) is 5.75 Å². The highest BCUT2D eigenvalue weighted by Crippen LogP contribution is 2.42. The minimum absolute atomic E-state index is 0.0874. The van der Waals surface area contributed by atoms with Gasteiger partial charge in [-0.25, -0.2) is 0 Å². The molecular formula is C21H36O5Si. The monoisotopic (exact) mass is 396 g/mol. The number of aldehydes is 1. The SMILES string of the molecule is COCCOCOc1ccc(CO[Si](C(C)C)(C(C)C)C(C)C)cc1C=O. The van der Waals surface area contributed by atoms with Crippen LogP contribution in [0.2, 0.25) is 16.6 Å². The molecule has 1 aromatic rings. The van der Waals surface area contributed by atoms with E-state index in [9.17, 15) is 4.79 Å². The van der Waals surface area contributed by atoms with Crippen LogP contribution in [-0.4, -0.2) is 41.7 Å². The fourth-order valence-corrected chi connectivity index (χ4v) is 9.34. The van der Waals surface area contributed by atoms with Gasteiger partial charge in [-0.1, -0.05) is 47.6 Å². The van der Waals surface area contributed by atoms with Crippen LogP contribution in [0.4, 0.5) is 0 Å². The van der Waals surface area contributed by atoms with Crippen LogP contribution >= 0.6 is 0 Å². The van der Waals surface area contributed by atoms with E-state index in [0.717, 1.165) is 11.8 Å². The lowest BCUT2D eigenvalue weighted by molar-refractivity contribution is -0.00868. The molecule has 1 aromatic carbocycles. The van der Waals surface area contributed by atoms with Crippen LogP contribution in [0.3, 0.4) is 0 Å². The molecule has 0 fully saturated rings. The van der Waals surface area contributed by atoms with E-state index in [-0.39, 0.29) is 6.79 Å². The first-order valence-electron chi connectivity index (χ1n) is 9.71. The Hall–Kier alpha value is -1.21. The van der Waals surface area contributed by atoms with Crippen molar-refractivity contribution in [1.29, 1.82) is 0 Å². The first-order chi connectivity index (χ1) is 12.8. The Morgan fingerprint density at radius 1 is 1.00 bits per heavy atom. The zero-order valence-electron chi connectivity index (χ0n) is 17.9. The second-order valence-electron chi connectivity index (χ2n) is 7.76. The summed E-state index contributed by atoms with van der Waals surface area (Å²) in [6.07, 6.45) is 0.812. The maximum absolute atomic E-state index is 11.5. The van der Waals surface area contributed by atoms with E-state index in [1.807, 2.05) is 18.2 Å². The zero-order chi connectivity index (χ0) is 20.4. The summed E-state index contributed by atoms with van der Waals surface area (Å²) in [4.78, 5) is 11.5. The van der Waals surface area contributed by atoms with Crippen molar-refractivity contribution in [3.63, 3.8) is 0 Å². The molecule has 0 aromatic heterocycles. The van der Waals surface area contributed by atoms with Crippen LogP contribution < -0.4 is 4.74 Å². The van der Waals surface area contributed by atoms with Crippen molar-refractivity contribution in [2.75, 3.05) is 27.1 Å². The minimum Gasteiger partial charge on any atom is -0.467 e. The Bertz CT molecular complexity index is 550. The van der Waals surface area contributed by atoms with E-state index in [1.54, 1.807) is 7.11 Å². The molecule has 0 atom stereocenters. The number of hydrogen-bond acceptors (Lipinski definition) is 5. The summed E-state index contributed by atoms with van der Waals surface area (Å²) in [5.41, 5.74) is 3.07. The van der Waals surface area contributed by atoms with E-state index in [2.05, 4.69) is 41.5 Å². The number of benzene rings is 1. The molecule has 0 aliphatic heterocycles. The Morgan fingerprint density at radius 3 is 2.15 bits per heavy atom. The molecule has 154 valence electrons. The second-order valence-corrected chi connectivity index (χ2v) is 13.2. The third-order valence-corrected chi connectivity index (χ3v) is 11.2. The van der Waals surface area contributed by atoms with Gasteiger partial charge in [0.15, 0.2) is 13.1 Å². The number of methoxy groups -OCH3 is 1. The average molecular weight is 397 g/mol. The summed E-state index contributed by atoms with van der Waals surface area (Å²) >= 11 is 0. The van der Waals surface area contributed by atoms with Crippen LogP contribution in [0, 0.1) is 0 Å². The average Bonchev–Trinajstić information content (AvgIpc) is 2.61. The first kappa shape index (κ1) is 23.8. The van der Waals surface area contributed by atoms with Crippen molar-refractivity contribution >= 4 is 14.6 Å². The van der Waals surface area contributed by atoms with E-state index in [1.165, 1.54) is 0 Å². The Balaban J connectivity index is 2.82. The lowest BCUT2D eigenvalue weighted by Crippen LogP contribution is -2.47. The van der Waals surface area contributed by atoms with Crippen molar-refractivity contribution < 1.29 is 23.4 Å². The lowest BCUT2D eigenvalue weighted by atomic mass is 10.1. The van der Waals surface area contributed by atoms with Gasteiger partial charge >= 0.3 is 0 Å². The maximum Gasteiger partial charge on any atom is 0.200 e. The molecule has 0 aliphatic rings. The smallest absolute Gasteiger partial charge is 0.200 e. The largest absolute Gasteiger partial charge is 0.467 e. The highest BCUT2D eigenvalue weighted by molar-refractivity contribution is 6.77. The molecule has 1 rings (SSSR count). The van der Waals surface area contributed by atoms with Gasteiger partial charge in [-0.3, -0.25) is 4.79 Å². The molecule has 0 unspecified atom stereocenters. The minimum atomic E-state index is -1.94. The molecule has 0 saturated heterocycles. The Labute approximate surface area is 165 Å². The highest BCUT2D eigenvalue weighted by Gasteiger charge is 2.44. The van der Waals surface area contributed by atoms with Gasteiger partial charge in [-0.05, 0) is 34.3 Å². The number of ether oxygens (including phenoxy) is 3.